The van der Waals surface area contributed by atoms with Crippen LogP contribution in [0, 0.1) is 0 Å². The van der Waals surface area contributed by atoms with E-state index in [-0.39, 0.29) is 23.4 Å². The number of aryl methyl sites for hydroxylation is 1. The molecular weight excluding hydrogens is 471 g/mol. The highest BCUT2D eigenvalue weighted by molar-refractivity contribution is 6.09. The molecule has 0 bridgehead atoms. The fourth-order valence-corrected chi connectivity index (χ4v) is 4.09. The molecule has 0 aliphatic rings. The van der Waals surface area contributed by atoms with Gasteiger partial charge >= 0.3 is 6.18 Å². The Balaban J connectivity index is 1.61. The van der Waals surface area contributed by atoms with Crippen molar-refractivity contribution in [2.24, 2.45) is 7.05 Å². The van der Waals surface area contributed by atoms with E-state index in [1.165, 1.54) is 29.2 Å². The Hall–Kier alpha value is -4.44. The van der Waals surface area contributed by atoms with Crippen molar-refractivity contribution in [3.8, 4) is 22.4 Å². The Morgan fingerprint density at radius 2 is 1.81 bits per heavy atom. The lowest BCUT2D eigenvalue weighted by Gasteiger charge is -2.15. The third kappa shape index (κ3) is 4.22. The first kappa shape index (κ1) is 23.3. The van der Waals surface area contributed by atoms with Gasteiger partial charge in [-0.25, -0.2) is 4.98 Å². The van der Waals surface area contributed by atoms with E-state index >= 15 is 0 Å². The molecule has 2 N–H and O–H groups in total. The number of carbonyl (C=O) groups is 1. The predicted octanol–water partition coefficient (Wildman–Crippen LogP) is 5.17. The predicted molar refractivity (Wildman–Crippen MR) is 128 cm³/mol. The Kier molecular flexibility index (Phi) is 5.81. The number of rotatable bonds is 5. The molecule has 1 amide bonds. The van der Waals surface area contributed by atoms with Gasteiger partial charge in [0.2, 0.25) is 0 Å². The van der Waals surface area contributed by atoms with Crippen LogP contribution < -0.4 is 5.32 Å². The molecule has 5 aromatic rings. The van der Waals surface area contributed by atoms with Crippen molar-refractivity contribution in [3.05, 3.63) is 96.1 Å². The maximum Gasteiger partial charge on any atom is 0.417 e. The normalized spacial score (nSPS) is 11.7. The lowest BCUT2D eigenvalue weighted by Crippen LogP contribution is -2.15. The number of nitrogens with zero attached hydrogens (tertiary/aromatic N) is 4. The van der Waals surface area contributed by atoms with Gasteiger partial charge < -0.3 is 10.4 Å². The number of alkyl halides is 3. The summed E-state index contributed by atoms with van der Waals surface area (Å²) >= 11 is 0. The summed E-state index contributed by atoms with van der Waals surface area (Å²) in [6, 6.07) is 15.8. The maximum atomic E-state index is 13.7. The number of nitrogens with one attached hydrogen (secondary N) is 1. The molecule has 0 spiro atoms. The summed E-state index contributed by atoms with van der Waals surface area (Å²) in [5, 5.41) is 16.6. The molecule has 3 heterocycles. The van der Waals surface area contributed by atoms with Crippen molar-refractivity contribution < 1.29 is 23.1 Å². The van der Waals surface area contributed by atoms with Gasteiger partial charge in [0, 0.05) is 36.1 Å². The van der Waals surface area contributed by atoms with E-state index in [9.17, 15) is 23.1 Å². The first-order valence-corrected chi connectivity index (χ1v) is 10.9. The second-order valence-electron chi connectivity index (χ2n) is 8.16. The summed E-state index contributed by atoms with van der Waals surface area (Å²) in [7, 11) is 1.60. The molecule has 0 fully saturated rings. The molecule has 0 unspecified atom stereocenters. The number of hydrogen-bond acceptors (Lipinski definition) is 4. The van der Waals surface area contributed by atoms with Crippen molar-refractivity contribution in [1.82, 2.24) is 19.2 Å². The molecule has 0 aliphatic carbocycles. The van der Waals surface area contributed by atoms with Gasteiger partial charge in [0.25, 0.3) is 5.91 Å². The zero-order chi connectivity index (χ0) is 25.4. The number of anilines is 1. The zero-order valence-corrected chi connectivity index (χ0v) is 19.0. The van der Waals surface area contributed by atoms with Gasteiger partial charge in [0.1, 0.15) is 0 Å². The number of aromatic nitrogens is 4. The summed E-state index contributed by atoms with van der Waals surface area (Å²) < 4.78 is 44.2. The van der Waals surface area contributed by atoms with Crippen molar-refractivity contribution in [1.29, 1.82) is 0 Å². The van der Waals surface area contributed by atoms with E-state index in [0.717, 1.165) is 17.7 Å². The number of imidazole rings is 1. The molecular formula is C26H20F3N5O2. The minimum atomic E-state index is -4.62. The molecule has 0 saturated carbocycles. The molecule has 7 nitrogen and oxygen atoms in total. The molecule has 0 radical (unpaired) electrons. The smallest absolute Gasteiger partial charge is 0.390 e. The fourth-order valence-electron chi connectivity index (χ4n) is 4.09. The van der Waals surface area contributed by atoms with Gasteiger partial charge in [-0.1, -0.05) is 30.3 Å². The van der Waals surface area contributed by atoms with Gasteiger partial charge in [-0.3, -0.25) is 13.9 Å². The van der Waals surface area contributed by atoms with Crippen LogP contribution in [-0.2, 0) is 19.8 Å². The van der Waals surface area contributed by atoms with E-state index in [1.54, 1.807) is 23.7 Å². The Morgan fingerprint density at radius 3 is 2.47 bits per heavy atom. The maximum absolute atomic E-state index is 13.7. The largest absolute Gasteiger partial charge is 0.417 e. The lowest BCUT2D eigenvalue weighted by molar-refractivity contribution is -0.137. The van der Waals surface area contributed by atoms with E-state index in [4.69, 9.17) is 0 Å². The fraction of sp³-hybridized carbons (Fsp3) is 0.115. The number of aliphatic hydroxyl groups is 1. The topological polar surface area (TPSA) is 84.5 Å². The third-order valence-corrected chi connectivity index (χ3v) is 5.82. The number of benzene rings is 2. The Labute approximate surface area is 203 Å². The number of fused-ring (bicyclic) bond motifs is 1. The van der Waals surface area contributed by atoms with Gasteiger partial charge in [-0.2, -0.15) is 18.3 Å². The second kappa shape index (κ2) is 8.97. The highest BCUT2D eigenvalue weighted by atomic mass is 19.4. The Morgan fingerprint density at radius 1 is 1.03 bits per heavy atom. The summed E-state index contributed by atoms with van der Waals surface area (Å²) in [4.78, 5) is 17.7. The number of pyridine rings is 1. The molecule has 182 valence electrons. The number of halogens is 3. The quantitative estimate of drug-likeness (QED) is 0.356. The molecule has 5 rings (SSSR count). The van der Waals surface area contributed by atoms with Crippen LogP contribution in [-0.4, -0.2) is 30.2 Å². The van der Waals surface area contributed by atoms with Crippen LogP contribution in [0.15, 0.2) is 79.3 Å². The number of hydrogen-bond donors (Lipinski definition) is 2. The van der Waals surface area contributed by atoms with Gasteiger partial charge in [0.05, 0.1) is 35.4 Å². The number of aliphatic hydroxyl groups excluding tert-OH is 1. The highest BCUT2D eigenvalue weighted by Crippen LogP contribution is 2.38. The van der Waals surface area contributed by atoms with Crippen LogP contribution in [0.5, 0.6) is 0 Å². The van der Waals surface area contributed by atoms with E-state index in [0.29, 0.717) is 22.6 Å². The monoisotopic (exact) mass is 491 g/mol. The van der Waals surface area contributed by atoms with E-state index in [1.807, 2.05) is 30.3 Å². The van der Waals surface area contributed by atoms with Crippen LogP contribution in [0.1, 0.15) is 21.6 Å². The van der Waals surface area contributed by atoms with Crippen molar-refractivity contribution in [2.45, 2.75) is 12.8 Å². The summed E-state index contributed by atoms with van der Waals surface area (Å²) in [5.41, 5.74) is 1.82. The van der Waals surface area contributed by atoms with Gasteiger partial charge in [-0.15, -0.1) is 0 Å². The minimum Gasteiger partial charge on any atom is -0.390 e. The average Bonchev–Trinajstić information content (AvgIpc) is 3.50. The number of amides is 1. The molecule has 10 heteroatoms. The van der Waals surface area contributed by atoms with Crippen LogP contribution in [0.2, 0.25) is 0 Å². The first-order valence-electron chi connectivity index (χ1n) is 10.9. The van der Waals surface area contributed by atoms with Crippen LogP contribution in [0.4, 0.5) is 18.9 Å². The molecule has 0 atom stereocenters. The van der Waals surface area contributed by atoms with E-state index in [2.05, 4.69) is 15.4 Å². The standard InChI is InChI=1S/C26H20F3N5O2/c1-33-11-10-22(32-33)20-13-17(7-8-21(20)26(27,28)29)25(36)31-23-19(16-5-3-2-4-6-16)9-12-34-18(15-35)14-30-24(23)34/h2-14,35H,15H2,1H3,(H,31,36). The summed E-state index contributed by atoms with van der Waals surface area (Å²) in [5.74, 6) is -0.611. The SMILES string of the molecule is Cn1ccc(-c2cc(C(=O)Nc3c(-c4ccccc4)ccn4c(CO)cnc34)ccc2C(F)(F)F)n1. The van der Waals surface area contributed by atoms with Crippen molar-refractivity contribution in [3.63, 3.8) is 0 Å². The zero-order valence-electron chi connectivity index (χ0n) is 19.0. The van der Waals surface area contributed by atoms with Crippen LogP contribution >= 0.6 is 0 Å². The summed E-state index contributed by atoms with van der Waals surface area (Å²) in [6.07, 6.45) is 0.150. The van der Waals surface area contributed by atoms with E-state index < -0.39 is 17.6 Å². The highest BCUT2D eigenvalue weighted by Gasteiger charge is 2.34. The summed E-state index contributed by atoms with van der Waals surface area (Å²) in [6.45, 7) is -0.258. The molecule has 2 aromatic carbocycles. The first-order chi connectivity index (χ1) is 17.3. The van der Waals surface area contributed by atoms with Gasteiger partial charge in [-0.05, 0) is 35.9 Å². The molecule has 0 saturated heterocycles. The molecule has 36 heavy (non-hydrogen) atoms. The second-order valence-corrected chi connectivity index (χ2v) is 8.16. The van der Waals surface area contributed by atoms with Crippen LogP contribution in [0.25, 0.3) is 28.0 Å². The minimum absolute atomic E-state index is 0.0265. The Bertz CT molecular complexity index is 1570. The molecule has 0 aliphatic heterocycles. The molecule has 3 aromatic heterocycles. The third-order valence-electron chi connectivity index (χ3n) is 5.82. The number of carbonyl (C=O) groups excluding carboxylic acids is 1. The van der Waals surface area contributed by atoms with Crippen molar-refractivity contribution in [2.75, 3.05) is 5.32 Å². The van der Waals surface area contributed by atoms with Gasteiger partial charge in [0.15, 0.2) is 5.65 Å². The van der Waals surface area contributed by atoms with Crippen molar-refractivity contribution >= 4 is 17.2 Å². The average molecular weight is 491 g/mol. The lowest BCUT2D eigenvalue weighted by atomic mass is 10.00. The van der Waals surface area contributed by atoms with Crippen LogP contribution in [0.3, 0.4) is 0 Å².